The molecule has 1 aromatic rings. The molecule has 0 aromatic heterocycles. The fraction of sp³-hybridized carbons (Fsp3) is 0.333. The molecule has 3 nitrogen and oxygen atoms in total. The number of nitrogens with zero attached hydrogens (tertiary/aromatic N) is 2. The lowest BCUT2D eigenvalue weighted by atomic mass is 10.1. The van der Waals surface area contributed by atoms with Crippen molar-refractivity contribution in [2.24, 2.45) is 0 Å². The van der Waals surface area contributed by atoms with Crippen molar-refractivity contribution in [2.75, 3.05) is 11.4 Å². The quantitative estimate of drug-likeness (QED) is 0.779. The first-order chi connectivity index (χ1) is 7.72. The zero-order chi connectivity index (χ0) is 11.5. The third-order valence-corrected chi connectivity index (χ3v) is 3.24. The van der Waals surface area contributed by atoms with E-state index < -0.39 is 0 Å². The summed E-state index contributed by atoms with van der Waals surface area (Å²) in [4.78, 5) is 13.7. The van der Waals surface area contributed by atoms with Crippen molar-refractivity contribution in [1.82, 2.24) is 0 Å². The van der Waals surface area contributed by atoms with E-state index in [4.69, 9.17) is 5.26 Å². The number of halogens is 1. The Morgan fingerprint density at radius 2 is 2.25 bits per heavy atom. The van der Waals surface area contributed by atoms with Crippen LogP contribution in [0.2, 0.25) is 0 Å². The summed E-state index contributed by atoms with van der Waals surface area (Å²) in [5.74, 6) is 0.118. The molecule has 0 spiro atoms. The van der Waals surface area contributed by atoms with Crippen LogP contribution in [0.3, 0.4) is 0 Å². The minimum Gasteiger partial charge on any atom is -0.311 e. The van der Waals surface area contributed by atoms with Gasteiger partial charge < -0.3 is 4.90 Å². The second kappa shape index (κ2) is 4.67. The molecule has 0 N–H and O–H groups in total. The molecule has 0 saturated carbocycles. The summed E-state index contributed by atoms with van der Waals surface area (Å²) >= 11 is 3.45. The predicted octanol–water partition coefficient (Wildman–Crippen LogP) is 2.25. The Morgan fingerprint density at radius 3 is 2.88 bits per heavy atom. The fourth-order valence-corrected chi connectivity index (χ4v) is 2.47. The fourth-order valence-electron chi connectivity index (χ4n) is 1.91. The topological polar surface area (TPSA) is 44.1 Å². The lowest BCUT2D eigenvalue weighted by Crippen LogP contribution is -2.25. The van der Waals surface area contributed by atoms with Gasteiger partial charge in [0.2, 0.25) is 5.91 Å². The Bertz CT molecular complexity index is 453. The highest BCUT2D eigenvalue weighted by Gasteiger charge is 2.29. The molecule has 0 bridgehead atoms. The van der Waals surface area contributed by atoms with E-state index >= 15 is 0 Å². The molecule has 1 unspecified atom stereocenters. The molecule has 1 amide bonds. The van der Waals surface area contributed by atoms with Gasteiger partial charge in [0, 0.05) is 23.5 Å². The van der Waals surface area contributed by atoms with Crippen LogP contribution < -0.4 is 4.90 Å². The Balaban J connectivity index is 2.33. The molecule has 0 aliphatic carbocycles. The second-order valence-corrected chi connectivity index (χ2v) is 5.06. The second-order valence-electron chi connectivity index (χ2n) is 3.77. The summed E-state index contributed by atoms with van der Waals surface area (Å²) in [5.41, 5.74) is 1.79. The lowest BCUT2D eigenvalue weighted by Gasteiger charge is -2.18. The number of nitriles is 1. The SMILES string of the molecule is N#CCc1ccccc1N1CC(Br)CC1=O. The summed E-state index contributed by atoms with van der Waals surface area (Å²) in [5, 5.41) is 8.74. The van der Waals surface area contributed by atoms with Gasteiger partial charge in [-0.15, -0.1) is 0 Å². The van der Waals surface area contributed by atoms with Gasteiger partial charge in [-0.3, -0.25) is 4.79 Å². The van der Waals surface area contributed by atoms with E-state index in [-0.39, 0.29) is 10.7 Å². The minimum absolute atomic E-state index is 0.118. The van der Waals surface area contributed by atoms with Crippen LogP contribution in [0.5, 0.6) is 0 Å². The van der Waals surface area contributed by atoms with Crippen LogP contribution in [-0.2, 0) is 11.2 Å². The number of carbonyl (C=O) groups is 1. The number of para-hydroxylation sites is 1. The number of amides is 1. The summed E-state index contributed by atoms with van der Waals surface area (Å²) in [6, 6.07) is 9.70. The van der Waals surface area contributed by atoms with Crippen LogP contribution in [0, 0.1) is 11.3 Å². The Morgan fingerprint density at radius 1 is 1.50 bits per heavy atom. The van der Waals surface area contributed by atoms with E-state index in [1.807, 2.05) is 24.3 Å². The van der Waals surface area contributed by atoms with E-state index in [9.17, 15) is 4.79 Å². The normalized spacial score (nSPS) is 19.9. The molecule has 1 saturated heterocycles. The van der Waals surface area contributed by atoms with E-state index in [1.54, 1.807) is 4.90 Å². The van der Waals surface area contributed by atoms with Crippen molar-refractivity contribution < 1.29 is 4.79 Å². The van der Waals surface area contributed by atoms with E-state index in [1.165, 1.54) is 0 Å². The largest absolute Gasteiger partial charge is 0.311 e. The maximum atomic E-state index is 11.8. The molecule has 1 atom stereocenters. The van der Waals surface area contributed by atoms with Gasteiger partial charge in [0.25, 0.3) is 0 Å². The molecular weight excluding hydrogens is 268 g/mol. The third kappa shape index (κ3) is 2.10. The first-order valence-electron chi connectivity index (χ1n) is 5.11. The molecule has 2 rings (SSSR count). The number of rotatable bonds is 2. The molecule has 0 radical (unpaired) electrons. The smallest absolute Gasteiger partial charge is 0.228 e. The van der Waals surface area contributed by atoms with Gasteiger partial charge in [0.15, 0.2) is 0 Å². The average Bonchev–Trinajstić information content (AvgIpc) is 2.59. The number of benzene rings is 1. The first kappa shape index (κ1) is 11.2. The van der Waals surface area contributed by atoms with Crippen LogP contribution in [0.15, 0.2) is 24.3 Å². The van der Waals surface area contributed by atoms with E-state index in [2.05, 4.69) is 22.0 Å². The van der Waals surface area contributed by atoms with Gasteiger partial charge >= 0.3 is 0 Å². The number of hydrogen-bond donors (Lipinski definition) is 0. The molecule has 1 fully saturated rings. The monoisotopic (exact) mass is 278 g/mol. The molecule has 16 heavy (non-hydrogen) atoms. The van der Waals surface area contributed by atoms with E-state index in [0.717, 1.165) is 11.3 Å². The molecule has 1 heterocycles. The maximum absolute atomic E-state index is 11.8. The molecule has 82 valence electrons. The summed E-state index contributed by atoms with van der Waals surface area (Å²) in [6.45, 7) is 0.682. The average molecular weight is 279 g/mol. The number of alkyl halides is 1. The molecule has 1 aliphatic heterocycles. The Labute approximate surface area is 103 Å². The van der Waals surface area contributed by atoms with Crippen LogP contribution in [0.1, 0.15) is 12.0 Å². The summed E-state index contributed by atoms with van der Waals surface area (Å²) in [6.07, 6.45) is 0.869. The van der Waals surface area contributed by atoms with E-state index in [0.29, 0.717) is 19.4 Å². The van der Waals surface area contributed by atoms with Gasteiger partial charge in [-0.1, -0.05) is 34.1 Å². The van der Waals surface area contributed by atoms with Gasteiger partial charge in [-0.05, 0) is 11.6 Å². The maximum Gasteiger partial charge on any atom is 0.228 e. The zero-order valence-electron chi connectivity index (χ0n) is 8.69. The third-order valence-electron chi connectivity index (χ3n) is 2.63. The first-order valence-corrected chi connectivity index (χ1v) is 6.03. The van der Waals surface area contributed by atoms with Gasteiger partial charge in [-0.25, -0.2) is 0 Å². The Kier molecular flexibility index (Phi) is 3.25. The number of carbonyl (C=O) groups excluding carboxylic acids is 1. The van der Waals surface area contributed by atoms with Crippen LogP contribution >= 0.6 is 15.9 Å². The summed E-state index contributed by atoms with van der Waals surface area (Å²) < 4.78 is 0. The predicted molar refractivity (Wildman–Crippen MR) is 65.4 cm³/mol. The number of hydrogen-bond acceptors (Lipinski definition) is 2. The van der Waals surface area contributed by atoms with Crippen molar-refractivity contribution in [3.63, 3.8) is 0 Å². The highest BCUT2D eigenvalue weighted by Crippen LogP contribution is 2.28. The van der Waals surface area contributed by atoms with Crippen LogP contribution in [-0.4, -0.2) is 17.3 Å². The minimum atomic E-state index is 0.118. The lowest BCUT2D eigenvalue weighted by molar-refractivity contribution is -0.117. The van der Waals surface area contributed by atoms with Crippen LogP contribution in [0.25, 0.3) is 0 Å². The zero-order valence-corrected chi connectivity index (χ0v) is 10.3. The van der Waals surface area contributed by atoms with Gasteiger partial charge in [0.05, 0.1) is 12.5 Å². The molecule has 4 heteroatoms. The highest BCUT2D eigenvalue weighted by atomic mass is 79.9. The van der Waals surface area contributed by atoms with Gasteiger partial charge in [-0.2, -0.15) is 5.26 Å². The van der Waals surface area contributed by atoms with Crippen LogP contribution in [0.4, 0.5) is 5.69 Å². The van der Waals surface area contributed by atoms with Crippen molar-refractivity contribution in [2.45, 2.75) is 17.7 Å². The molecular formula is C12H11BrN2O. The van der Waals surface area contributed by atoms with Crippen molar-refractivity contribution >= 4 is 27.5 Å². The molecule has 1 aromatic carbocycles. The van der Waals surface area contributed by atoms with Crippen molar-refractivity contribution in [1.29, 1.82) is 5.26 Å². The van der Waals surface area contributed by atoms with Gasteiger partial charge in [0.1, 0.15) is 0 Å². The Hall–Kier alpha value is -1.34. The van der Waals surface area contributed by atoms with Crippen molar-refractivity contribution in [3.8, 4) is 6.07 Å². The standard InChI is InChI=1S/C12H11BrN2O/c13-10-7-12(16)15(8-10)11-4-2-1-3-9(11)5-6-14/h1-4,10H,5,7-8H2. The molecule has 1 aliphatic rings. The summed E-state index contributed by atoms with van der Waals surface area (Å²) in [7, 11) is 0. The highest BCUT2D eigenvalue weighted by molar-refractivity contribution is 9.09. The number of anilines is 1. The van der Waals surface area contributed by atoms with Crippen molar-refractivity contribution in [3.05, 3.63) is 29.8 Å².